The van der Waals surface area contributed by atoms with E-state index in [0.717, 1.165) is 6.07 Å². The Balaban J connectivity index is 2.12. The van der Waals surface area contributed by atoms with Gasteiger partial charge in [-0.05, 0) is 24.3 Å². The fraction of sp³-hybridized carbons (Fsp3) is 0.0667. The molecule has 3 aromatic rings. The molecule has 2 nitrogen and oxygen atoms in total. The SMILES string of the molecule is NC(c1cc2cc(Cl)cc(Cl)c2o1)c1cccc(F)c1F. The van der Waals surface area contributed by atoms with Crippen LogP contribution in [0, 0.1) is 11.6 Å². The van der Waals surface area contributed by atoms with Gasteiger partial charge in [0.15, 0.2) is 17.2 Å². The predicted octanol–water partition coefficient (Wildman–Crippen LogP) is 5.07. The van der Waals surface area contributed by atoms with Gasteiger partial charge in [-0.25, -0.2) is 8.78 Å². The van der Waals surface area contributed by atoms with E-state index in [0.29, 0.717) is 21.0 Å². The summed E-state index contributed by atoms with van der Waals surface area (Å²) in [6.07, 6.45) is 0. The minimum atomic E-state index is -0.991. The summed E-state index contributed by atoms with van der Waals surface area (Å²) < 4.78 is 32.6. The molecule has 2 aromatic carbocycles. The van der Waals surface area contributed by atoms with Gasteiger partial charge in [0.2, 0.25) is 0 Å². The normalized spacial score (nSPS) is 12.8. The van der Waals surface area contributed by atoms with E-state index in [2.05, 4.69) is 0 Å². The molecule has 1 atom stereocenters. The van der Waals surface area contributed by atoms with Gasteiger partial charge in [0, 0.05) is 16.0 Å². The van der Waals surface area contributed by atoms with Crippen molar-refractivity contribution in [3.8, 4) is 0 Å². The molecule has 0 saturated carbocycles. The first-order valence-electron chi connectivity index (χ1n) is 6.05. The monoisotopic (exact) mass is 327 g/mol. The molecule has 1 unspecified atom stereocenters. The Morgan fingerprint density at radius 3 is 2.62 bits per heavy atom. The van der Waals surface area contributed by atoms with E-state index in [1.165, 1.54) is 18.2 Å². The van der Waals surface area contributed by atoms with E-state index < -0.39 is 17.7 Å². The van der Waals surface area contributed by atoms with Gasteiger partial charge in [0.05, 0.1) is 11.1 Å². The number of furan rings is 1. The largest absolute Gasteiger partial charge is 0.457 e. The third kappa shape index (κ3) is 2.50. The lowest BCUT2D eigenvalue weighted by atomic mass is 10.0. The van der Waals surface area contributed by atoms with Crippen molar-refractivity contribution in [3.63, 3.8) is 0 Å². The number of hydrogen-bond donors (Lipinski definition) is 1. The third-order valence-corrected chi connectivity index (χ3v) is 3.68. The average molecular weight is 328 g/mol. The molecular formula is C15H9Cl2F2NO. The molecular weight excluding hydrogens is 319 g/mol. The van der Waals surface area contributed by atoms with E-state index >= 15 is 0 Å². The van der Waals surface area contributed by atoms with Crippen molar-refractivity contribution in [2.75, 3.05) is 0 Å². The van der Waals surface area contributed by atoms with Gasteiger partial charge in [-0.15, -0.1) is 0 Å². The summed E-state index contributed by atoms with van der Waals surface area (Å²) in [4.78, 5) is 0. The Morgan fingerprint density at radius 1 is 1.10 bits per heavy atom. The zero-order valence-corrected chi connectivity index (χ0v) is 12.1. The smallest absolute Gasteiger partial charge is 0.164 e. The van der Waals surface area contributed by atoms with Crippen molar-refractivity contribution in [3.05, 3.63) is 69.4 Å². The summed E-state index contributed by atoms with van der Waals surface area (Å²) in [5.41, 5.74) is 6.38. The number of rotatable bonds is 2. The maximum absolute atomic E-state index is 13.8. The summed E-state index contributed by atoms with van der Waals surface area (Å²) in [5.74, 6) is -1.67. The second kappa shape index (κ2) is 5.30. The van der Waals surface area contributed by atoms with Crippen molar-refractivity contribution >= 4 is 34.2 Å². The standard InChI is InChI=1S/C15H9Cl2F2NO/c16-8-4-7-5-12(21-15(7)10(17)6-8)14(20)9-2-1-3-11(18)13(9)19/h1-6,14H,20H2. The first-order chi connectivity index (χ1) is 9.97. The Labute approximate surface area is 129 Å². The molecule has 0 spiro atoms. The molecule has 0 amide bonds. The molecule has 1 heterocycles. The third-order valence-electron chi connectivity index (χ3n) is 3.18. The first kappa shape index (κ1) is 14.3. The van der Waals surface area contributed by atoms with Crippen molar-refractivity contribution in [2.24, 2.45) is 5.73 Å². The number of fused-ring (bicyclic) bond motifs is 1. The van der Waals surface area contributed by atoms with Crippen LogP contribution in [0.15, 0.2) is 40.8 Å². The fourth-order valence-electron chi connectivity index (χ4n) is 2.16. The molecule has 3 rings (SSSR count). The topological polar surface area (TPSA) is 39.2 Å². The number of hydrogen-bond acceptors (Lipinski definition) is 2. The maximum atomic E-state index is 13.8. The van der Waals surface area contributed by atoms with Crippen LogP contribution in [0.5, 0.6) is 0 Å². The lowest BCUT2D eigenvalue weighted by Crippen LogP contribution is -2.13. The molecule has 0 saturated heterocycles. The van der Waals surface area contributed by atoms with Gasteiger partial charge in [-0.1, -0.05) is 35.3 Å². The summed E-state index contributed by atoms with van der Waals surface area (Å²) in [6, 6.07) is 7.69. The summed E-state index contributed by atoms with van der Waals surface area (Å²) >= 11 is 11.9. The van der Waals surface area contributed by atoms with Gasteiger partial charge in [-0.3, -0.25) is 0 Å². The number of nitrogens with two attached hydrogens (primary N) is 1. The van der Waals surface area contributed by atoms with Crippen molar-refractivity contribution in [1.82, 2.24) is 0 Å². The van der Waals surface area contributed by atoms with Crippen LogP contribution in [0.4, 0.5) is 8.78 Å². The summed E-state index contributed by atoms with van der Waals surface area (Å²) in [6.45, 7) is 0. The first-order valence-corrected chi connectivity index (χ1v) is 6.81. The Morgan fingerprint density at radius 2 is 1.86 bits per heavy atom. The highest BCUT2D eigenvalue weighted by atomic mass is 35.5. The van der Waals surface area contributed by atoms with Crippen LogP contribution in [-0.4, -0.2) is 0 Å². The zero-order valence-electron chi connectivity index (χ0n) is 10.5. The second-order valence-corrected chi connectivity index (χ2v) is 5.42. The Bertz CT molecular complexity index is 832. The molecule has 0 bridgehead atoms. The molecule has 0 aliphatic carbocycles. The van der Waals surface area contributed by atoms with Crippen LogP contribution < -0.4 is 5.73 Å². The highest BCUT2D eigenvalue weighted by molar-refractivity contribution is 6.38. The minimum Gasteiger partial charge on any atom is -0.457 e. The maximum Gasteiger partial charge on any atom is 0.164 e. The number of benzene rings is 2. The summed E-state index contributed by atoms with van der Waals surface area (Å²) in [7, 11) is 0. The van der Waals surface area contributed by atoms with E-state index in [1.807, 2.05) is 0 Å². The quantitative estimate of drug-likeness (QED) is 0.714. The molecule has 0 aliphatic rings. The van der Waals surface area contributed by atoms with Crippen LogP contribution in [0.3, 0.4) is 0 Å². The van der Waals surface area contributed by atoms with Gasteiger partial charge < -0.3 is 10.2 Å². The molecule has 0 aliphatic heterocycles. The molecule has 0 radical (unpaired) electrons. The highest BCUT2D eigenvalue weighted by Crippen LogP contribution is 2.34. The van der Waals surface area contributed by atoms with E-state index in [4.69, 9.17) is 33.4 Å². The molecule has 108 valence electrons. The Hall–Kier alpha value is -1.62. The predicted molar refractivity (Wildman–Crippen MR) is 78.6 cm³/mol. The van der Waals surface area contributed by atoms with Crippen LogP contribution in [0.2, 0.25) is 10.0 Å². The molecule has 0 fully saturated rings. The van der Waals surface area contributed by atoms with E-state index in [9.17, 15) is 8.78 Å². The van der Waals surface area contributed by atoms with Gasteiger partial charge in [-0.2, -0.15) is 0 Å². The van der Waals surface area contributed by atoms with Crippen LogP contribution in [0.1, 0.15) is 17.4 Å². The molecule has 2 N–H and O–H groups in total. The zero-order chi connectivity index (χ0) is 15.1. The molecule has 6 heteroatoms. The number of halogens is 4. The lowest BCUT2D eigenvalue weighted by Gasteiger charge is -2.10. The molecule has 1 aromatic heterocycles. The van der Waals surface area contributed by atoms with Gasteiger partial charge >= 0.3 is 0 Å². The van der Waals surface area contributed by atoms with Crippen molar-refractivity contribution in [1.29, 1.82) is 0 Å². The minimum absolute atomic E-state index is 0.0104. The van der Waals surface area contributed by atoms with Crippen molar-refractivity contribution in [2.45, 2.75) is 6.04 Å². The van der Waals surface area contributed by atoms with E-state index in [-0.39, 0.29) is 11.3 Å². The van der Waals surface area contributed by atoms with Crippen molar-refractivity contribution < 1.29 is 13.2 Å². The lowest BCUT2D eigenvalue weighted by molar-refractivity contribution is 0.475. The van der Waals surface area contributed by atoms with Gasteiger partial charge in [0.1, 0.15) is 5.76 Å². The molecule has 21 heavy (non-hydrogen) atoms. The van der Waals surface area contributed by atoms with Crippen LogP contribution >= 0.6 is 23.2 Å². The van der Waals surface area contributed by atoms with Crippen LogP contribution in [-0.2, 0) is 0 Å². The van der Waals surface area contributed by atoms with Gasteiger partial charge in [0.25, 0.3) is 0 Å². The average Bonchev–Trinajstić information content (AvgIpc) is 2.85. The summed E-state index contributed by atoms with van der Waals surface area (Å²) in [5, 5.41) is 1.43. The Kier molecular flexibility index (Phi) is 3.61. The highest BCUT2D eigenvalue weighted by Gasteiger charge is 2.20. The van der Waals surface area contributed by atoms with E-state index in [1.54, 1.807) is 12.1 Å². The second-order valence-electron chi connectivity index (χ2n) is 4.58. The van der Waals surface area contributed by atoms with Crippen LogP contribution in [0.25, 0.3) is 11.0 Å². The fourth-order valence-corrected chi connectivity index (χ4v) is 2.71.